The van der Waals surface area contributed by atoms with Gasteiger partial charge in [0.15, 0.2) is 0 Å². The summed E-state index contributed by atoms with van der Waals surface area (Å²) in [4.78, 5) is 41.2. The number of benzene rings is 2. The highest BCUT2D eigenvalue weighted by Crippen LogP contribution is 2.27. The number of amides is 2. The van der Waals surface area contributed by atoms with E-state index >= 15 is 0 Å². The maximum Gasteiger partial charge on any atom is 0.410 e. The molecule has 0 radical (unpaired) electrons. The average Bonchev–Trinajstić information content (AvgIpc) is 3.25. The van der Waals surface area contributed by atoms with Gasteiger partial charge in [-0.15, -0.1) is 0 Å². The summed E-state index contributed by atoms with van der Waals surface area (Å²) in [5.41, 5.74) is 5.94. The third kappa shape index (κ3) is 12.0. The smallest absolute Gasteiger partial charge is 0.410 e. The van der Waals surface area contributed by atoms with Crippen LogP contribution in [0.15, 0.2) is 91.4 Å². The van der Waals surface area contributed by atoms with Gasteiger partial charge in [-0.25, -0.2) is 18.6 Å². The van der Waals surface area contributed by atoms with Crippen molar-refractivity contribution in [1.29, 1.82) is 0 Å². The number of halogens is 2. The zero-order valence-corrected chi connectivity index (χ0v) is 33.5. The molecule has 0 aliphatic carbocycles. The monoisotopic (exact) mass is 811 g/mol. The highest BCUT2D eigenvalue weighted by atomic mass is 19.1. The fraction of sp³-hybridized carbons (Fsp3) is 0.341. The van der Waals surface area contributed by atoms with Crippen LogP contribution in [0, 0.1) is 0 Å². The molecule has 3 aromatic heterocycles. The molecule has 2 aliphatic rings. The summed E-state index contributed by atoms with van der Waals surface area (Å²) in [5.74, 6) is 2.56. The molecule has 2 aromatic carbocycles. The van der Waals surface area contributed by atoms with Crippen LogP contribution in [-0.2, 0) is 43.9 Å². The van der Waals surface area contributed by atoms with E-state index in [0.717, 1.165) is 24.0 Å². The second kappa shape index (κ2) is 19.8. The summed E-state index contributed by atoms with van der Waals surface area (Å²) in [5, 5.41) is 0. The van der Waals surface area contributed by atoms with Crippen molar-refractivity contribution in [3.05, 3.63) is 131 Å². The normalized spacial score (nSPS) is 13.2. The minimum absolute atomic E-state index is 0.0630. The number of fused-ring (bicyclic) bond motifs is 2. The van der Waals surface area contributed by atoms with Crippen LogP contribution in [0.3, 0.4) is 0 Å². The first-order chi connectivity index (χ1) is 28.5. The van der Waals surface area contributed by atoms with Crippen molar-refractivity contribution >= 4 is 12.0 Å². The summed E-state index contributed by atoms with van der Waals surface area (Å²) in [7, 11) is 1.54. The van der Waals surface area contributed by atoms with Crippen LogP contribution in [-0.4, -0.2) is 76.3 Å². The predicted octanol–water partition coefficient (Wildman–Crippen LogP) is 7.83. The van der Waals surface area contributed by atoms with Crippen LogP contribution >= 0.6 is 0 Å². The lowest BCUT2D eigenvalue weighted by Crippen LogP contribution is -2.39. The number of ether oxygens (including phenoxy) is 6. The van der Waals surface area contributed by atoms with Crippen molar-refractivity contribution in [2.24, 2.45) is 0 Å². The van der Waals surface area contributed by atoms with Crippen LogP contribution < -0.4 is 23.7 Å². The van der Waals surface area contributed by atoms with Crippen molar-refractivity contribution in [2.75, 3.05) is 33.9 Å². The first kappa shape index (κ1) is 42.1. The maximum absolute atomic E-state index is 12.9. The van der Waals surface area contributed by atoms with Crippen molar-refractivity contribution in [1.82, 2.24) is 24.8 Å². The molecule has 5 aromatic rings. The number of hydrogen-bond acceptors (Lipinski definition) is 11. The Labute approximate surface area is 341 Å². The van der Waals surface area contributed by atoms with E-state index in [4.69, 9.17) is 28.4 Å². The van der Waals surface area contributed by atoms with E-state index in [0.29, 0.717) is 72.0 Å². The van der Waals surface area contributed by atoms with Gasteiger partial charge in [0.05, 0.1) is 36.5 Å². The van der Waals surface area contributed by atoms with Gasteiger partial charge in [0, 0.05) is 38.4 Å². The molecule has 0 fully saturated rings. The van der Waals surface area contributed by atoms with E-state index in [2.05, 4.69) is 15.0 Å². The molecule has 0 spiro atoms. The summed E-state index contributed by atoms with van der Waals surface area (Å²) >= 11 is 0. The number of nitrogens with zero attached hydrogens (tertiary/aromatic N) is 5. The van der Waals surface area contributed by atoms with Gasteiger partial charge in [-0.3, -0.25) is 14.8 Å². The molecule has 0 saturated carbocycles. The molecule has 2 aliphatic heterocycles. The number of alkyl halides is 2. The van der Waals surface area contributed by atoms with E-state index in [-0.39, 0.29) is 25.2 Å². The molecule has 5 heterocycles. The van der Waals surface area contributed by atoms with Gasteiger partial charge in [-0.2, -0.15) is 0 Å². The third-order valence-electron chi connectivity index (χ3n) is 9.32. The number of carbonyl (C=O) groups excluding carboxylic acids is 2. The fourth-order valence-corrected chi connectivity index (χ4v) is 6.32. The maximum atomic E-state index is 12.9. The van der Waals surface area contributed by atoms with Gasteiger partial charge < -0.3 is 38.2 Å². The number of pyridine rings is 3. The number of hydrogen-bond donors (Lipinski definition) is 0. The van der Waals surface area contributed by atoms with Gasteiger partial charge >= 0.3 is 6.09 Å². The van der Waals surface area contributed by atoms with E-state index in [1.807, 2.05) is 57.2 Å². The fourth-order valence-electron chi connectivity index (χ4n) is 6.32. The SMILES string of the molecule is CC(C)(C)OC(=O)N1CCc2ccc(OCc3ccc(OCF)cn3)cc2C1.COc1ccc(C(=O)N2CCc3ccc(OCc4ccc(OCF)cn4)cc3C2)cn1. The summed E-state index contributed by atoms with van der Waals surface area (Å²) in [6.07, 6.45) is 5.72. The lowest BCUT2D eigenvalue weighted by Gasteiger charge is -2.31. The molecule has 13 nitrogen and oxygen atoms in total. The lowest BCUT2D eigenvalue weighted by atomic mass is 9.99. The van der Waals surface area contributed by atoms with Gasteiger partial charge in [0.25, 0.3) is 5.91 Å². The van der Waals surface area contributed by atoms with Crippen molar-refractivity contribution in [3.8, 4) is 28.9 Å². The quantitative estimate of drug-likeness (QED) is 0.122. The number of carbonyl (C=O) groups is 2. The zero-order chi connectivity index (χ0) is 41.8. The second-order valence-corrected chi connectivity index (χ2v) is 14.6. The van der Waals surface area contributed by atoms with Crippen molar-refractivity contribution < 1.29 is 46.8 Å². The Bertz CT molecular complexity index is 2170. The molecule has 0 atom stereocenters. The summed E-state index contributed by atoms with van der Waals surface area (Å²) < 4.78 is 56.0. The van der Waals surface area contributed by atoms with Crippen LogP contribution in [0.1, 0.15) is 64.8 Å². The molecule has 310 valence electrons. The van der Waals surface area contributed by atoms with Gasteiger partial charge in [-0.1, -0.05) is 12.1 Å². The van der Waals surface area contributed by atoms with Gasteiger partial charge in [-0.05, 0) is 110 Å². The summed E-state index contributed by atoms with van der Waals surface area (Å²) in [6.45, 7) is 6.65. The summed E-state index contributed by atoms with van der Waals surface area (Å²) in [6, 6.07) is 22.0. The Morgan fingerprint density at radius 3 is 1.61 bits per heavy atom. The molecule has 0 N–H and O–H groups in total. The molecule has 0 unspecified atom stereocenters. The third-order valence-corrected chi connectivity index (χ3v) is 9.32. The van der Waals surface area contributed by atoms with Gasteiger partial charge in [0.2, 0.25) is 19.6 Å². The Balaban J connectivity index is 0.000000199. The second-order valence-electron chi connectivity index (χ2n) is 14.6. The standard InChI is InChI=1S/C23H22FN3O4.C21H25FN2O4/c1-29-22-7-3-17(11-26-22)23(28)27-9-8-16-2-5-20(10-18(16)13-27)30-14-19-4-6-21(12-25-19)31-15-24;1-21(2,3)28-20(25)24-9-8-15-4-6-18(10-16(15)12-24)26-13-17-5-7-19(11-23-17)27-14-22/h2-7,10-12H,8-9,13-15H2,1H3;4-7,10-11H,8-9,12-14H2,1-3H3. The number of rotatable bonds is 12. The Morgan fingerprint density at radius 1 is 0.627 bits per heavy atom. The van der Waals surface area contributed by atoms with Crippen LogP contribution in [0.5, 0.6) is 28.9 Å². The highest BCUT2D eigenvalue weighted by molar-refractivity contribution is 5.94. The van der Waals surface area contributed by atoms with Gasteiger partial charge in [0.1, 0.15) is 41.8 Å². The molecule has 0 bridgehead atoms. The Hall–Kier alpha value is -6.51. The van der Waals surface area contributed by atoms with E-state index in [9.17, 15) is 18.4 Å². The molecule has 15 heteroatoms. The Morgan fingerprint density at radius 2 is 1.15 bits per heavy atom. The first-order valence-corrected chi connectivity index (χ1v) is 19.0. The molecule has 0 saturated heterocycles. The molecular formula is C44H47F2N5O8. The molecule has 7 rings (SSSR count). The first-order valence-electron chi connectivity index (χ1n) is 19.0. The van der Waals surface area contributed by atoms with Crippen LogP contribution in [0.25, 0.3) is 0 Å². The topological polar surface area (TPSA) is 135 Å². The van der Waals surface area contributed by atoms with E-state index < -0.39 is 19.3 Å². The van der Waals surface area contributed by atoms with Crippen molar-refractivity contribution in [2.45, 2.75) is 65.5 Å². The molecule has 59 heavy (non-hydrogen) atoms. The molecule has 2 amide bonds. The van der Waals surface area contributed by atoms with Crippen LogP contribution in [0.4, 0.5) is 13.6 Å². The lowest BCUT2D eigenvalue weighted by molar-refractivity contribution is 0.0223. The number of methoxy groups -OCH3 is 1. The largest absolute Gasteiger partial charge is 0.487 e. The van der Waals surface area contributed by atoms with E-state index in [1.54, 1.807) is 46.2 Å². The minimum Gasteiger partial charge on any atom is -0.487 e. The van der Waals surface area contributed by atoms with Crippen molar-refractivity contribution in [3.63, 3.8) is 0 Å². The van der Waals surface area contributed by atoms with E-state index in [1.165, 1.54) is 36.8 Å². The average molecular weight is 812 g/mol. The predicted molar refractivity (Wildman–Crippen MR) is 213 cm³/mol. The Kier molecular flexibility index (Phi) is 14.1. The minimum atomic E-state index is -0.888. The molecular weight excluding hydrogens is 765 g/mol. The van der Waals surface area contributed by atoms with Crippen LogP contribution in [0.2, 0.25) is 0 Å². The highest BCUT2D eigenvalue weighted by Gasteiger charge is 2.26. The zero-order valence-electron chi connectivity index (χ0n) is 33.5. The number of aromatic nitrogens is 3.